The monoisotopic (exact) mass is 238 g/mol. The molecule has 1 aromatic heterocycles. The molecule has 2 N–H and O–H groups in total. The number of hydrogen-bond donors (Lipinski definition) is 2. The quantitative estimate of drug-likeness (QED) is 0.813. The summed E-state index contributed by atoms with van der Waals surface area (Å²) in [6, 6.07) is 0. The fourth-order valence-corrected chi connectivity index (χ4v) is 1.32. The fraction of sp³-hybridized carbons (Fsp3) is 0.667. The Balaban J connectivity index is 2.36. The Morgan fingerprint density at radius 1 is 1.47 bits per heavy atom. The minimum absolute atomic E-state index is 0.00294. The van der Waals surface area contributed by atoms with Gasteiger partial charge >= 0.3 is 0 Å². The van der Waals surface area contributed by atoms with E-state index in [1.807, 2.05) is 34.7 Å². The van der Waals surface area contributed by atoms with Crippen molar-refractivity contribution in [2.75, 3.05) is 6.54 Å². The number of amides is 1. The molecule has 0 radical (unpaired) electrons. The molecule has 0 spiro atoms. The van der Waals surface area contributed by atoms with Crippen molar-refractivity contribution in [1.82, 2.24) is 20.4 Å². The second-order valence-electron chi connectivity index (χ2n) is 5.26. The second-order valence-corrected chi connectivity index (χ2v) is 5.26. The van der Waals surface area contributed by atoms with Crippen LogP contribution in [0.15, 0.2) is 6.20 Å². The average Bonchev–Trinajstić information content (AvgIpc) is 2.53. The molecule has 5 heteroatoms. The highest BCUT2D eigenvalue weighted by Crippen LogP contribution is 2.04. The predicted octanol–water partition coefficient (Wildman–Crippen LogP) is 0.733. The van der Waals surface area contributed by atoms with Crippen LogP contribution in [0.3, 0.4) is 0 Å². The maximum Gasteiger partial charge on any atom is 0.234 e. The van der Waals surface area contributed by atoms with Gasteiger partial charge in [-0.2, -0.15) is 5.10 Å². The van der Waals surface area contributed by atoms with Crippen molar-refractivity contribution in [1.29, 1.82) is 0 Å². The van der Waals surface area contributed by atoms with Crippen LogP contribution in [0.4, 0.5) is 0 Å². The molecule has 0 atom stereocenters. The predicted molar refractivity (Wildman–Crippen MR) is 67.5 cm³/mol. The topological polar surface area (TPSA) is 59.0 Å². The Labute approximate surface area is 103 Å². The van der Waals surface area contributed by atoms with Crippen LogP contribution in [0.1, 0.15) is 32.0 Å². The molecule has 0 saturated heterocycles. The van der Waals surface area contributed by atoms with Crippen molar-refractivity contribution in [2.24, 2.45) is 7.05 Å². The molecule has 0 aliphatic rings. The maximum absolute atomic E-state index is 11.6. The molecule has 0 unspecified atom stereocenters. The molecular formula is C12H22N4O. The van der Waals surface area contributed by atoms with E-state index in [1.54, 1.807) is 10.9 Å². The Morgan fingerprint density at radius 3 is 2.59 bits per heavy atom. The van der Waals surface area contributed by atoms with E-state index in [0.29, 0.717) is 13.1 Å². The van der Waals surface area contributed by atoms with Gasteiger partial charge in [0.15, 0.2) is 0 Å². The normalized spacial score (nSPS) is 11.6. The molecule has 0 aromatic carbocycles. The SMILES string of the molecule is Cc1c(CNC(=O)CNC(C)(C)C)cnn1C. The van der Waals surface area contributed by atoms with Crippen molar-refractivity contribution in [2.45, 2.75) is 39.8 Å². The van der Waals surface area contributed by atoms with E-state index >= 15 is 0 Å². The molecule has 1 aromatic rings. The first-order valence-corrected chi connectivity index (χ1v) is 5.79. The summed E-state index contributed by atoms with van der Waals surface area (Å²) < 4.78 is 1.80. The van der Waals surface area contributed by atoms with E-state index in [-0.39, 0.29) is 11.4 Å². The van der Waals surface area contributed by atoms with Gasteiger partial charge in [-0.1, -0.05) is 0 Å². The van der Waals surface area contributed by atoms with Crippen molar-refractivity contribution >= 4 is 5.91 Å². The van der Waals surface area contributed by atoms with Gasteiger partial charge in [0.1, 0.15) is 0 Å². The van der Waals surface area contributed by atoms with Crippen LogP contribution >= 0.6 is 0 Å². The lowest BCUT2D eigenvalue weighted by Crippen LogP contribution is -2.43. The largest absolute Gasteiger partial charge is 0.351 e. The highest BCUT2D eigenvalue weighted by atomic mass is 16.1. The number of rotatable bonds is 4. The number of aryl methyl sites for hydroxylation is 1. The van der Waals surface area contributed by atoms with Crippen LogP contribution < -0.4 is 10.6 Å². The van der Waals surface area contributed by atoms with Gasteiger partial charge in [0.2, 0.25) is 5.91 Å². The third-order valence-electron chi connectivity index (χ3n) is 2.59. The third-order valence-corrected chi connectivity index (χ3v) is 2.59. The molecule has 1 heterocycles. The Hall–Kier alpha value is -1.36. The van der Waals surface area contributed by atoms with Gasteiger partial charge in [-0.3, -0.25) is 9.48 Å². The number of carbonyl (C=O) groups excluding carboxylic acids is 1. The maximum atomic E-state index is 11.6. The average molecular weight is 238 g/mol. The highest BCUT2D eigenvalue weighted by molar-refractivity contribution is 5.78. The molecule has 0 bridgehead atoms. The third kappa shape index (κ3) is 4.56. The van der Waals surface area contributed by atoms with Gasteiger partial charge < -0.3 is 10.6 Å². The van der Waals surface area contributed by atoms with Crippen LogP contribution in [0.2, 0.25) is 0 Å². The Morgan fingerprint density at radius 2 is 2.12 bits per heavy atom. The minimum atomic E-state index is -0.0401. The number of nitrogens with one attached hydrogen (secondary N) is 2. The summed E-state index contributed by atoms with van der Waals surface area (Å²) in [5.41, 5.74) is 2.09. The summed E-state index contributed by atoms with van der Waals surface area (Å²) in [6.45, 7) is 8.96. The van der Waals surface area contributed by atoms with Crippen LogP contribution in [-0.4, -0.2) is 27.8 Å². The molecule has 17 heavy (non-hydrogen) atoms. The highest BCUT2D eigenvalue weighted by Gasteiger charge is 2.11. The van der Waals surface area contributed by atoms with E-state index in [4.69, 9.17) is 0 Å². The van der Waals surface area contributed by atoms with Gasteiger partial charge in [0.05, 0.1) is 12.7 Å². The molecule has 5 nitrogen and oxygen atoms in total. The smallest absolute Gasteiger partial charge is 0.234 e. The van der Waals surface area contributed by atoms with Gasteiger partial charge in [0, 0.05) is 30.4 Å². The first-order valence-electron chi connectivity index (χ1n) is 5.79. The number of hydrogen-bond acceptors (Lipinski definition) is 3. The van der Waals surface area contributed by atoms with Gasteiger partial charge in [0.25, 0.3) is 0 Å². The van der Waals surface area contributed by atoms with E-state index < -0.39 is 0 Å². The molecule has 0 fully saturated rings. The van der Waals surface area contributed by atoms with Gasteiger partial charge in [-0.05, 0) is 27.7 Å². The van der Waals surface area contributed by atoms with Crippen LogP contribution in [0, 0.1) is 6.92 Å². The summed E-state index contributed by atoms with van der Waals surface area (Å²) in [4.78, 5) is 11.6. The number of aromatic nitrogens is 2. The summed E-state index contributed by atoms with van der Waals surface area (Å²) in [5.74, 6) is 0.00294. The molecule has 0 saturated carbocycles. The van der Waals surface area contributed by atoms with Crippen molar-refractivity contribution in [3.05, 3.63) is 17.5 Å². The Kier molecular flexibility index (Phi) is 4.28. The molecule has 96 valence electrons. The summed E-state index contributed by atoms with van der Waals surface area (Å²) in [5, 5.41) is 10.1. The fourth-order valence-electron chi connectivity index (χ4n) is 1.32. The molecule has 1 amide bonds. The van der Waals surface area contributed by atoms with E-state index in [0.717, 1.165) is 11.3 Å². The lowest BCUT2D eigenvalue weighted by atomic mass is 10.1. The van der Waals surface area contributed by atoms with Crippen LogP contribution in [-0.2, 0) is 18.4 Å². The zero-order valence-electron chi connectivity index (χ0n) is 11.3. The lowest BCUT2D eigenvalue weighted by Gasteiger charge is -2.19. The summed E-state index contributed by atoms with van der Waals surface area (Å²) >= 11 is 0. The molecule has 1 rings (SSSR count). The molecule has 0 aliphatic heterocycles. The van der Waals surface area contributed by atoms with Crippen molar-refractivity contribution in [3.63, 3.8) is 0 Å². The van der Waals surface area contributed by atoms with E-state index in [2.05, 4.69) is 15.7 Å². The zero-order valence-corrected chi connectivity index (χ0v) is 11.3. The second kappa shape index (κ2) is 5.31. The minimum Gasteiger partial charge on any atom is -0.351 e. The Bertz CT molecular complexity index is 390. The number of carbonyl (C=O) groups is 1. The first kappa shape index (κ1) is 13.7. The molecule has 0 aliphatic carbocycles. The van der Waals surface area contributed by atoms with E-state index in [9.17, 15) is 4.79 Å². The van der Waals surface area contributed by atoms with Gasteiger partial charge in [-0.15, -0.1) is 0 Å². The summed E-state index contributed by atoms with van der Waals surface area (Å²) in [6.07, 6.45) is 1.78. The molecular weight excluding hydrogens is 216 g/mol. The van der Waals surface area contributed by atoms with Crippen molar-refractivity contribution < 1.29 is 4.79 Å². The van der Waals surface area contributed by atoms with Crippen LogP contribution in [0.5, 0.6) is 0 Å². The first-order chi connectivity index (χ1) is 7.79. The zero-order chi connectivity index (χ0) is 13.1. The van der Waals surface area contributed by atoms with Gasteiger partial charge in [-0.25, -0.2) is 0 Å². The lowest BCUT2D eigenvalue weighted by molar-refractivity contribution is -0.120. The summed E-state index contributed by atoms with van der Waals surface area (Å²) in [7, 11) is 1.89. The van der Waals surface area contributed by atoms with Crippen LogP contribution in [0.25, 0.3) is 0 Å². The van der Waals surface area contributed by atoms with Crippen molar-refractivity contribution in [3.8, 4) is 0 Å². The number of nitrogens with zero attached hydrogens (tertiary/aromatic N) is 2. The van der Waals surface area contributed by atoms with E-state index in [1.165, 1.54) is 0 Å². The standard InChI is InChI=1S/C12H22N4O/c1-9-10(7-15-16(9)5)6-13-11(17)8-14-12(2,3)4/h7,14H,6,8H2,1-5H3,(H,13,17).